The van der Waals surface area contributed by atoms with E-state index >= 15 is 0 Å². The third-order valence-corrected chi connectivity index (χ3v) is 3.92. The molecule has 0 amide bonds. The number of hydrogen-bond donors (Lipinski definition) is 1. The Kier molecular flexibility index (Phi) is 4.06. The van der Waals surface area contributed by atoms with Crippen molar-refractivity contribution in [1.82, 2.24) is 4.90 Å². The molecule has 1 aromatic carbocycles. The van der Waals surface area contributed by atoms with Crippen LogP contribution in [-0.4, -0.2) is 30.6 Å². The summed E-state index contributed by atoms with van der Waals surface area (Å²) in [6.07, 6.45) is 3.65. The average molecular weight is 232 g/mol. The third kappa shape index (κ3) is 2.81. The normalized spacial score (nSPS) is 18.5. The van der Waals surface area contributed by atoms with Gasteiger partial charge in [-0.05, 0) is 37.9 Å². The molecule has 2 nitrogen and oxygen atoms in total. The van der Waals surface area contributed by atoms with Crippen LogP contribution in [0.2, 0.25) is 0 Å². The van der Waals surface area contributed by atoms with Crippen molar-refractivity contribution >= 4 is 5.69 Å². The molecule has 0 aromatic heterocycles. The number of benzene rings is 1. The molecule has 1 aliphatic rings. The highest BCUT2D eigenvalue weighted by molar-refractivity contribution is 5.56. The number of rotatable bonds is 5. The Morgan fingerprint density at radius 3 is 2.65 bits per heavy atom. The second-order valence-corrected chi connectivity index (χ2v) is 5.11. The Hall–Kier alpha value is -1.02. The van der Waals surface area contributed by atoms with Crippen LogP contribution in [0.1, 0.15) is 32.3 Å². The summed E-state index contributed by atoms with van der Waals surface area (Å²) in [6.45, 7) is 5.70. The Morgan fingerprint density at radius 2 is 2.00 bits per heavy atom. The number of para-hydroxylation sites is 1. The van der Waals surface area contributed by atoms with Crippen LogP contribution >= 0.6 is 0 Å². The first-order valence-electron chi connectivity index (χ1n) is 6.79. The minimum atomic E-state index is 0.581. The molecule has 0 fully saturated rings. The van der Waals surface area contributed by atoms with Gasteiger partial charge in [0.25, 0.3) is 0 Å². The van der Waals surface area contributed by atoms with Crippen LogP contribution in [0.4, 0.5) is 5.69 Å². The Bertz CT molecular complexity index is 333. The molecule has 2 rings (SSSR count). The molecule has 17 heavy (non-hydrogen) atoms. The predicted molar refractivity (Wildman–Crippen MR) is 74.6 cm³/mol. The molecule has 0 saturated carbocycles. The minimum Gasteiger partial charge on any atom is -0.380 e. The van der Waals surface area contributed by atoms with Crippen LogP contribution < -0.4 is 5.32 Å². The van der Waals surface area contributed by atoms with Crippen molar-refractivity contribution in [1.29, 1.82) is 0 Å². The van der Waals surface area contributed by atoms with Gasteiger partial charge in [-0.25, -0.2) is 0 Å². The summed E-state index contributed by atoms with van der Waals surface area (Å²) < 4.78 is 0. The Labute approximate surface area is 105 Å². The molecule has 1 heterocycles. The summed E-state index contributed by atoms with van der Waals surface area (Å²) in [5.74, 6) is 0. The number of fused-ring (bicyclic) bond motifs is 1. The van der Waals surface area contributed by atoms with Crippen molar-refractivity contribution in [2.24, 2.45) is 0 Å². The molecule has 0 aliphatic carbocycles. The van der Waals surface area contributed by atoms with Gasteiger partial charge in [-0.15, -0.1) is 0 Å². The molecule has 0 spiro atoms. The van der Waals surface area contributed by atoms with Gasteiger partial charge in [0.1, 0.15) is 0 Å². The van der Waals surface area contributed by atoms with Gasteiger partial charge in [0.15, 0.2) is 0 Å². The van der Waals surface area contributed by atoms with E-state index in [1.54, 1.807) is 0 Å². The number of anilines is 1. The van der Waals surface area contributed by atoms with Gasteiger partial charge < -0.3 is 10.2 Å². The smallest absolute Gasteiger partial charge is 0.0429 e. The van der Waals surface area contributed by atoms with E-state index in [1.165, 1.54) is 30.5 Å². The molecule has 1 aromatic rings. The standard InChI is InChI=1S/C15H24N2/c1-4-14(5-2)17(3)11-13-10-12-8-6-7-9-15(12)16-13/h6-9,13-14,16H,4-5,10-11H2,1-3H3. The van der Waals surface area contributed by atoms with Crippen molar-refractivity contribution in [3.63, 3.8) is 0 Å². The molecular weight excluding hydrogens is 208 g/mol. The molecule has 0 bridgehead atoms. The van der Waals surface area contributed by atoms with Crippen LogP contribution in [-0.2, 0) is 6.42 Å². The topological polar surface area (TPSA) is 15.3 Å². The molecule has 94 valence electrons. The molecular formula is C15H24N2. The first-order valence-corrected chi connectivity index (χ1v) is 6.79. The van der Waals surface area contributed by atoms with Crippen LogP contribution in [0.25, 0.3) is 0 Å². The fourth-order valence-corrected chi connectivity index (χ4v) is 2.89. The molecule has 1 aliphatic heterocycles. The predicted octanol–water partition coefficient (Wildman–Crippen LogP) is 3.14. The highest BCUT2D eigenvalue weighted by atomic mass is 15.2. The first-order chi connectivity index (χ1) is 8.24. The molecule has 1 N–H and O–H groups in total. The van der Waals surface area contributed by atoms with Gasteiger partial charge in [-0.1, -0.05) is 32.0 Å². The minimum absolute atomic E-state index is 0.581. The number of hydrogen-bond acceptors (Lipinski definition) is 2. The van der Waals surface area contributed by atoms with E-state index < -0.39 is 0 Å². The zero-order valence-corrected chi connectivity index (χ0v) is 11.2. The monoisotopic (exact) mass is 232 g/mol. The third-order valence-electron chi connectivity index (χ3n) is 3.92. The first kappa shape index (κ1) is 12.4. The fourth-order valence-electron chi connectivity index (χ4n) is 2.89. The van der Waals surface area contributed by atoms with Crippen LogP contribution in [0, 0.1) is 0 Å². The quantitative estimate of drug-likeness (QED) is 0.839. The summed E-state index contributed by atoms with van der Waals surface area (Å²) in [7, 11) is 2.25. The van der Waals surface area contributed by atoms with E-state index in [-0.39, 0.29) is 0 Å². The number of likely N-dealkylation sites (N-methyl/N-ethyl adjacent to an activating group) is 1. The maximum Gasteiger partial charge on any atom is 0.0429 e. The molecule has 1 atom stereocenters. The lowest BCUT2D eigenvalue weighted by Gasteiger charge is -2.28. The lowest BCUT2D eigenvalue weighted by molar-refractivity contribution is 0.222. The SMILES string of the molecule is CCC(CC)N(C)CC1Cc2ccccc2N1. The van der Waals surface area contributed by atoms with Crippen molar-refractivity contribution < 1.29 is 0 Å². The summed E-state index contributed by atoms with van der Waals surface area (Å²) in [4.78, 5) is 2.50. The highest BCUT2D eigenvalue weighted by Gasteiger charge is 2.22. The molecule has 0 saturated heterocycles. The van der Waals surface area contributed by atoms with Gasteiger partial charge in [0.05, 0.1) is 0 Å². The van der Waals surface area contributed by atoms with Crippen LogP contribution in [0.15, 0.2) is 24.3 Å². The molecule has 0 radical (unpaired) electrons. The Morgan fingerprint density at radius 1 is 1.29 bits per heavy atom. The Balaban J connectivity index is 1.91. The van der Waals surface area contributed by atoms with Gasteiger partial charge in [0.2, 0.25) is 0 Å². The maximum absolute atomic E-state index is 3.63. The highest BCUT2D eigenvalue weighted by Crippen LogP contribution is 2.25. The zero-order valence-electron chi connectivity index (χ0n) is 11.2. The molecule has 2 heteroatoms. The lowest BCUT2D eigenvalue weighted by atomic mass is 10.1. The van der Waals surface area contributed by atoms with Crippen LogP contribution in [0.5, 0.6) is 0 Å². The fraction of sp³-hybridized carbons (Fsp3) is 0.600. The molecule has 1 unspecified atom stereocenters. The maximum atomic E-state index is 3.63. The van der Waals surface area contributed by atoms with E-state index in [0.29, 0.717) is 6.04 Å². The second-order valence-electron chi connectivity index (χ2n) is 5.11. The second kappa shape index (κ2) is 5.54. The van der Waals surface area contributed by atoms with Crippen molar-refractivity contribution in [3.8, 4) is 0 Å². The summed E-state index contributed by atoms with van der Waals surface area (Å²) in [6, 6.07) is 9.97. The summed E-state index contributed by atoms with van der Waals surface area (Å²) in [5, 5.41) is 3.63. The van der Waals surface area contributed by atoms with Gasteiger partial charge in [-0.3, -0.25) is 0 Å². The van der Waals surface area contributed by atoms with Crippen molar-refractivity contribution in [2.75, 3.05) is 18.9 Å². The number of nitrogens with zero attached hydrogens (tertiary/aromatic N) is 1. The summed E-state index contributed by atoms with van der Waals surface area (Å²) in [5.41, 5.74) is 2.80. The van der Waals surface area contributed by atoms with E-state index in [0.717, 1.165) is 12.6 Å². The largest absolute Gasteiger partial charge is 0.380 e. The average Bonchev–Trinajstić information content (AvgIpc) is 2.72. The van der Waals surface area contributed by atoms with E-state index in [2.05, 4.69) is 55.4 Å². The van der Waals surface area contributed by atoms with E-state index in [1.807, 2.05) is 0 Å². The summed E-state index contributed by atoms with van der Waals surface area (Å²) >= 11 is 0. The van der Waals surface area contributed by atoms with Gasteiger partial charge in [0, 0.05) is 24.3 Å². The number of nitrogens with one attached hydrogen (secondary N) is 1. The lowest BCUT2D eigenvalue weighted by Crippen LogP contribution is -2.39. The zero-order chi connectivity index (χ0) is 12.3. The van der Waals surface area contributed by atoms with Crippen molar-refractivity contribution in [3.05, 3.63) is 29.8 Å². The van der Waals surface area contributed by atoms with Gasteiger partial charge in [-0.2, -0.15) is 0 Å². The van der Waals surface area contributed by atoms with Crippen LogP contribution in [0.3, 0.4) is 0 Å². The van der Waals surface area contributed by atoms with Crippen molar-refractivity contribution in [2.45, 2.75) is 45.2 Å². The van der Waals surface area contributed by atoms with E-state index in [9.17, 15) is 0 Å². The van der Waals surface area contributed by atoms with E-state index in [4.69, 9.17) is 0 Å². The van der Waals surface area contributed by atoms with Gasteiger partial charge >= 0.3 is 0 Å².